The van der Waals surface area contributed by atoms with E-state index in [1.807, 2.05) is 42.5 Å². The van der Waals surface area contributed by atoms with Gasteiger partial charge < -0.3 is 10.6 Å². The Bertz CT molecular complexity index is 1770. The molecule has 0 saturated carbocycles. The van der Waals surface area contributed by atoms with Crippen molar-refractivity contribution in [2.24, 2.45) is 0 Å². The zero-order valence-electron chi connectivity index (χ0n) is 21.9. The molecule has 0 aliphatic carbocycles. The van der Waals surface area contributed by atoms with Gasteiger partial charge in [-0.3, -0.25) is 14.4 Å². The second kappa shape index (κ2) is 12.5. The number of hydrogen-bond acceptors (Lipinski definition) is 3. The molecule has 0 aliphatic rings. The highest BCUT2D eigenvalue weighted by molar-refractivity contribution is 6.11. The Balaban J connectivity index is 1.31. The number of benzene rings is 5. The van der Waals surface area contributed by atoms with E-state index in [0.29, 0.717) is 22.4 Å². The predicted molar refractivity (Wildman–Crippen MR) is 161 cm³/mol. The quantitative estimate of drug-likeness (QED) is 0.160. The van der Waals surface area contributed by atoms with Crippen LogP contribution in [0.4, 0.5) is 10.1 Å². The standard InChI is InChI=1S/C35H25FN2O3/c36-29-18-13-24(14-19-29)23-32(38-34(40)28-8-2-1-3-9-28)35(41)37-30-20-15-27(16-21-30)33(39)22-17-26-11-6-10-25-7-4-5-12-31(25)26/h1-23H,(H,37,41)(H,38,40)/b22-17+,32-23-. The molecule has 0 fully saturated rings. The zero-order valence-corrected chi connectivity index (χ0v) is 21.9. The van der Waals surface area contributed by atoms with Gasteiger partial charge in [0.15, 0.2) is 5.78 Å². The summed E-state index contributed by atoms with van der Waals surface area (Å²) in [5.41, 5.74) is 2.72. The molecule has 5 aromatic rings. The Hall–Kier alpha value is -5.62. The first-order chi connectivity index (χ1) is 20.0. The van der Waals surface area contributed by atoms with Gasteiger partial charge in [-0.2, -0.15) is 0 Å². The molecule has 2 N–H and O–H groups in total. The second-order valence-corrected chi connectivity index (χ2v) is 9.23. The molecule has 0 radical (unpaired) electrons. The van der Waals surface area contributed by atoms with E-state index in [0.717, 1.165) is 16.3 Å². The molecule has 41 heavy (non-hydrogen) atoms. The molecule has 0 unspecified atom stereocenters. The Morgan fingerprint density at radius 3 is 2.10 bits per heavy atom. The monoisotopic (exact) mass is 540 g/mol. The molecule has 200 valence electrons. The number of ketones is 1. The molecule has 5 nitrogen and oxygen atoms in total. The van der Waals surface area contributed by atoms with Crippen LogP contribution in [-0.4, -0.2) is 17.6 Å². The summed E-state index contributed by atoms with van der Waals surface area (Å²) in [6.45, 7) is 0. The van der Waals surface area contributed by atoms with E-state index in [-0.39, 0.29) is 11.5 Å². The number of amides is 2. The Morgan fingerprint density at radius 2 is 1.34 bits per heavy atom. The molecule has 0 saturated heterocycles. The zero-order chi connectivity index (χ0) is 28.6. The highest BCUT2D eigenvalue weighted by Gasteiger charge is 2.15. The van der Waals surface area contributed by atoms with Crippen LogP contribution in [0.2, 0.25) is 0 Å². The molecule has 0 aliphatic heterocycles. The minimum atomic E-state index is -0.575. The van der Waals surface area contributed by atoms with Gasteiger partial charge in [0.2, 0.25) is 0 Å². The van der Waals surface area contributed by atoms with Gasteiger partial charge >= 0.3 is 0 Å². The Kier molecular flexibility index (Phi) is 8.21. The second-order valence-electron chi connectivity index (χ2n) is 9.23. The third kappa shape index (κ3) is 6.88. The van der Waals surface area contributed by atoms with Crippen molar-refractivity contribution in [3.8, 4) is 0 Å². The van der Waals surface area contributed by atoms with E-state index in [4.69, 9.17) is 0 Å². The van der Waals surface area contributed by atoms with Gasteiger partial charge in [0.05, 0.1) is 0 Å². The maximum Gasteiger partial charge on any atom is 0.272 e. The van der Waals surface area contributed by atoms with Crippen LogP contribution < -0.4 is 10.6 Å². The van der Waals surface area contributed by atoms with Gasteiger partial charge in [-0.25, -0.2) is 4.39 Å². The molecular formula is C35H25FN2O3. The van der Waals surface area contributed by atoms with Gasteiger partial charge in [0, 0.05) is 16.8 Å². The number of halogens is 1. The minimum Gasteiger partial charge on any atom is -0.321 e. The molecule has 5 aromatic carbocycles. The first kappa shape index (κ1) is 27.0. The van der Waals surface area contributed by atoms with Crippen LogP contribution in [0.3, 0.4) is 0 Å². The maximum atomic E-state index is 13.4. The number of nitrogens with one attached hydrogen (secondary N) is 2. The minimum absolute atomic E-state index is 0.0244. The molecule has 5 rings (SSSR count). The lowest BCUT2D eigenvalue weighted by atomic mass is 10.0. The fourth-order valence-electron chi connectivity index (χ4n) is 4.24. The summed E-state index contributed by atoms with van der Waals surface area (Å²) in [6, 6.07) is 34.4. The number of carbonyl (C=O) groups is 3. The molecular weight excluding hydrogens is 515 g/mol. The third-order valence-corrected chi connectivity index (χ3v) is 6.37. The van der Waals surface area contributed by atoms with E-state index >= 15 is 0 Å². The van der Waals surface area contributed by atoms with E-state index in [1.54, 1.807) is 60.7 Å². The number of fused-ring (bicyclic) bond motifs is 1. The van der Waals surface area contributed by atoms with Crippen LogP contribution in [0.15, 0.2) is 133 Å². The van der Waals surface area contributed by atoms with Gasteiger partial charge in [0.1, 0.15) is 11.5 Å². The van der Waals surface area contributed by atoms with Crippen LogP contribution in [0.5, 0.6) is 0 Å². The summed E-state index contributed by atoms with van der Waals surface area (Å²) in [6.07, 6.45) is 4.78. The van der Waals surface area contributed by atoms with Crippen molar-refractivity contribution >= 4 is 46.2 Å². The topological polar surface area (TPSA) is 75.3 Å². The smallest absolute Gasteiger partial charge is 0.272 e. The van der Waals surface area contributed by atoms with Crippen molar-refractivity contribution in [2.75, 3.05) is 5.32 Å². The van der Waals surface area contributed by atoms with Crippen molar-refractivity contribution in [3.63, 3.8) is 0 Å². The van der Waals surface area contributed by atoms with E-state index < -0.39 is 17.6 Å². The molecule has 6 heteroatoms. The van der Waals surface area contributed by atoms with Crippen LogP contribution in [0.1, 0.15) is 31.8 Å². The van der Waals surface area contributed by atoms with Crippen molar-refractivity contribution in [1.82, 2.24) is 5.32 Å². The van der Waals surface area contributed by atoms with Crippen LogP contribution in [0.25, 0.3) is 22.9 Å². The normalized spacial score (nSPS) is 11.4. The van der Waals surface area contributed by atoms with E-state index in [1.165, 1.54) is 36.4 Å². The molecule has 0 bridgehead atoms. The Labute approximate surface area is 236 Å². The lowest BCUT2D eigenvalue weighted by molar-refractivity contribution is -0.113. The van der Waals surface area contributed by atoms with Crippen molar-refractivity contribution < 1.29 is 18.8 Å². The van der Waals surface area contributed by atoms with Crippen molar-refractivity contribution in [2.45, 2.75) is 0 Å². The fourth-order valence-corrected chi connectivity index (χ4v) is 4.24. The predicted octanol–water partition coefficient (Wildman–Crippen LogP) is 7.28. The number of allylic oxidation sites excluding steroid dienone is 1. The van der Waals surface area contributed by atoms with Gasteiger partial charge in [0.25, 0.3) is 11.8 Å². The average molecular weight is 541 g/mol. The highest BCUT2D eigenvalue weighted by Crippen LogP contribution is 2.20. The summed E-state index contributed by atoms with van der Waals surface area (Å²) < 4.78 is 13.4. The summed E-state index contributed by atoms with van der Waals surface area (Å²) in [7, 11) is 0. The van der Waals surface area contributed by atoms with Crippen LogP contribution >= 0.6 is 0 Å². The van der Waals surface area contributed by atoms with Crippen LogP contribution in [0, 0.1) is 5.82 Å². The fraction of sp³-hybridized carbons (Fsp3) is 0. The summed E-state index contributed by atoms with van der Waals surface area (Å²) >= 11 is 0. The number of anilines is 1. The number of rotatable bonds is 8. The van der Waals surface area contributed by atoms with Gasteiger partial charge in [-0.05, 0) is 82.6 Å². The van der Waals surface area contributed by atoms with E-state index in [2.05, 4.69) is 10.6 Å². The highest BCUT2D eigenvalue weighted by atomic mass is 19.1. The molecule has 0 atom stereocenters. The summed E-state index contributed by atoms with van der Waals surface area (Å²) in [5, 5.41) is 7.54. The SMILES string of the molecule is O=C(Nc1ccc(C(=O)/C=C/c2cccc3ccccc23)cc1)/C(=C/c1ccc(F)cc1)NC(=O)c1ccccc1. The van der Waals surface area contributed by atoms with Gasteiger partial charge in [-0.1, -0.05) is 78.9 Å². The summed E-state index contributed by atoms with van der Waals surface area (Å²) in [4.78, 5) is 38.8. The lowest BCUT2D eigenvalue weighted by Gasteiger charge is -2.12. The number of hydrogen-bond donors (Lipinski definition) is 2. The van der Waals surface area contributed by atoms with E-state index in [9.17, 15) is 18.8 Å². The van der Waals surface area contributed by atoms with Gasteiger partial charge in [-0.15, -0.1) is 0 Å². The van der Waals surface area contributed by atoms with Crippen molar-refractivity contribution in [1.29, 1.82) is 0 Å². The maximum absolute atomic E-state index is 13.4. The average Bonchev–Trinajstić information content (AvgIpc) is 3.01. The lowest BCUT2D eigenvalue weighted by Crippen LogP contribution is -2.30. The molecule has 0 heterocycles. The molecule has 0 aromatic heterocycles. The third-order valence-electron chi connectivity index (χ3n) is 6.37. The largest absolute Gasteiger partial charge is 0.321 e. The van der Waals surface area contributed by atoms with Crippen LogP contribution in [-0.2, 0) is 4.79 Å². The number of carbonyl (C=O) groups excluding carboxylic acids is 3. The van der Waals surface area contributed by atoms with Crippen molar-refractivity contribution in [3.05, 3.63) is 161 Å². The summed E-state index contributed by atoms with van der Waals surface area (Å²) in [5.74, 6) is -1.63. The Morgan fingerprint density at radius 1 is 0.659 bits per heavy atom. The molecule has 2 amide bonds. The first-order valence-electron chi connectivity index (χ1n) is 12.9. The molecule has 0 spiro atoms. The first-order valence-corrected chi connectivity index (χ1v) is 12.9.